The molecule has 186 valence electrons. The lowest BCUT2D eigenvalue weighted by Gasteiger charge is -2.32. The number of hydrogen-bond acceptors (Lipinski definition) is 5. The van der Waals surface area contributed by atoms with Crippen LogP contribution >= 0.6 is 0 Å². The summed E-state index contributed by atoms with van der Waals surface area (Å²) in [5.74, 6) is -3.63. The first-order valence-electron chi connectivity index (χ1n) is 10.2. The van der Waals surface area contributed by atoms with E-state index in [9.17, 15) is 31.1 Å². The third-order valence-corrected chi connectivity index (χ3v) is 6.20. The van der Waals surface area contributed by atoms with Crippen molar-refractivity contribution in [1.29, 1.82) is 0 Å². The van der Waals surface area contributed by atoms with Crippen LogP contribution in [-0.4, -0.2) is 42.4 Å². The highest BCUT2D eigenvalue weighted by atomic mass is 19.4. The molecule has 3 N–H and O–H groups in total. The molecule has 1 unspecified atom stereocenters. The Balaban J connectivity index is 2.01. The normalized spacial score (nSPS) is 25.3. The molecule has 0 aliphatic carbocycles. The number of para-hydroxylation sites is 1. The van der Waals surface area contributed by atoms with Crippen LogP contribution in [0.3, 0.4) is 0 Å². The average molecular weight is 491 g/mol. The molecule has 2 aromatic rings. The maximum absolute atomic E-state index is 14.0. The van der Waals surface area contributed by atoms with E-state index >= 15 is 0 Å². The van der Waals surface area contributed by atoms with Crippen LogP contribution in [0.15, 0.2) is 36.5 Å². The second kappa shape index (κ2) is 8.97. The number of carbonyl (C=O) groups excluding carboxylic acids is 1. The van der Waals surface area contributed by atoms with Gasteiger partial charge in [-0.2, -0.15) is 26.3 Å². The number of methoxy groups -OCH3 is 1. The van der Waals surface area contributed by atoms with Crippen LogP contribution in [0.4, 0.5) is 32.0 Å². The summed E-state index contributed by atoms with van der Waals surface area (Å²) in [6, 6.07) is 6.04. The molecule has 0 bridgehead atoms. The van der Waals surface area contributed by atoms with Crippen molar-refractivity contribution in [2.45, 2.75) is 43.8 Å². The highest BCUT2D eigenvalue weighted by molar-refractivity contribution is 5.90. The number of amides is 1. The molecular weight excluding hydrogens is 468 g/mol. The van der Waals surface area contributed by atoms with Gasteiger partial charge < -0.3 is 20.5 Å². The summed E-state index contributed by atoms with van der Waals surface area (Å²) in [6.45, 7) is 1.99. The SMILES string of the molecule is COc1c([C@@H]2C(CNc3ccc(C(N)=O)nc3)O[C@](C)(C(F)(F)F)[C@@H]2C)cccc1C(F)(F)F. The van der Waals surface area contributed by atoms with E-state index in [2.05, 4.69) is 10.3 Å². The number of nitrogens with one attached hydrogen (secondary N) is 1. The van der Waals surface area contributed by atoms with E-state index in [1.165, 1.54) is 31.3 Å². The topological polar surface area (TPSA) is 86.5 Å². The Labute approximate surface area is 191 Å². The van der Waals surface area contributed by atoms with Gasteiger partial charge in [0.1, 0.15) is 11.4 Å². The molecule has 4 atom stereocenters. The summed E-state index contributed by atoms with van der Waals surface area (Å²) < 4.78 is 93.1. The maximum Gasteiger partial charge on any atom is 0.419 e. The summed E-state index contributed by atoms with van der Waals surface area (Å²) in [7, 11) is 1.04. The number of ether oxygens (including phenoxy) is 2. The van der Waals surface area contributed by atoms with Crippen molar-refractivity contribution < 1.29 is 40.6 Å². The largest absolute Gasteiger partial charge is 0.496 e. The molecule has 0 spiro atoms. The molecule has 0 saturated carbocycles. The standard InChI is InChI=1S/C22H23F6N3O3/c1-11-17(13-5-4-6-14(18(13)33-3)21(23,24)25)16(34-20(11,2)22(26,27)28)10-30-12-7-8-15(19(29)32)31-9-12/h4-9,11,16-17,30H,10H2,1-3H3,(H2,29,32)/t11-,16?,17-,20+/m1/s1. The summed E-state index contributed by atoms with van der Waals surface area (Å²) in [5.41, 5.74) is 1.75. The van der Waals surface area contributed by atoms with Crippen LogP contribution in [0, 0.1) is 5.92 Å². The molecule has 0 radical (unpaired) electrons. The van der Waals surface area contributed by atoms with Gasteiger partial charge in [-0.15, -0.1) is 0 Å². The van der Waals surface area contributed by atoms with Crippen LogP contribution in [0.1, 0.15) is 41.4 Å². The third kappa shape index (κ3) is 4.63. The number of aromatic nitrogens is 1. The van der Waals surface area contributed by atoms with Gasteiger partial charge >= 0.3 is 12.4 Å². The van der Waals surface area contributed by atoms with Gasteiger partial charge in [0.05, 0.1) is 30.7 Å². The van der Waals surface area contributed by atoms with E-state index in [4.69, 9.17) is 15.2 Å². The predicted octanol–water partition coefficient (Wildman–Crippen LogP) is 4.76. The quantitative estimate of drug-likeness (QED) is 0.570. The number of nitrogens with zero attached hydrogens (tertiary/aromatic N) is 1. The number of alkyl halides is 6. The van der Waals surface area contributed by atoms with Crippen molar-refractivity contribution >= 4 is 11.6 Å². The number of halogens is 6. The molecular formula is C22H23F6N3O3. The number of anilines is 1. The van der Waals surface area contributed by atoms with Gasteiger partial charge in [0.15, 0.2) is 5.60 Å². The molecule has 34 heavy (non-hydrogen) atoms. The van der Waals surface area contributed by atoms with Crippen molar-refractivity contribution in [3.05, 3.63) is 53.3 Å². The number of benzene rings is 1. The number of nitrogens with two attached hydrogens (primary N) is 1. The summed E-state index contributed by atoms with van der Waals surface area (Å²) >= 11 is 0. The molecule has 1 aromatic heterocycles. The van der Waals surface area contributed by atoms with E-state index < -0.39 is 53.1 Å². The molecule has 1 aliphatic heterocycles. The molecule has 2 heterocycles. The molecule has 1 amide bonds. The first-order chi connectivity index (χ1) is 15.7. The van der Waals surface area contributed by atoms with Crippen molar-refractivity contribution in [1.82, 2.24) is 4.98 Å². The number of hydrogen-bond donors (Lipinski definition) is 2. The monoisotopic (exact) mass is 491 g/mol. The number of primary amides is 1. The van der Waals surface area contributed by atoms with Crippen LogP contribution in [-0.2, 0) is 10.9 Å². The Hall–Kier alpha value is -3.02. The number of pyridine rings is 1. The minimum absolute atomic E-state index is 0.00693. The third-order valence-electron chi connectivity index (χ3n) is 6.20. The fourth-order valence-corrected chi connectivity index (χ4v) is 4.25. The Morgan fingerprint density at radius 2 is 1.88 bits per heavy atom. The number of carbonyl (C=O) groups is 1. The zero-order valence-electron chi connectivity index (χ0n) is 18.4. The summed E-state index contributed by atoms with van der Waals surface area (Å²) in [5, 5.41) is 2.87. The minimum atomic E-state index is -4.78. The smallest absolute Gasteiger partial charge is 0.419 e. The Morgan fingerprint density at radius 1 is 1.21 bits per heavy atom. The molecule has 3 rings (SSSR count). The van der Waals surface area contributed by atoms with Crippen LogP contribution in [0.25, 0.3) is 0 Å². The van der Waals surface area contributed by atoms with E-state index in [1.807, 2.05) is 0 Å². The fourth-order valence-electron chi connectivity index (χ4n) is 4.25. The summed E-state index contributed by atoms with van der Waals surface area (Å²) in [4.78, 5) is 15.0. The lowest BCUT2D eigenvalue weighted by molar-refractivity contribution is -0.273. The molecule has 1 saturated heterocycles. The van der Waals surface area contributed by atoms with Gasteiger partial charge in [-0.25, -0.2) is 4.98 Å². The second-order valence-electron chi connectivity index (χ2n) is 8.18. The van der Waals surface area contributed by atoms with Gasteiger partial charge in [-0.05, 0) is 25.1 Å². The Morgan fingerprint density at radius 3 is 2.38 bits per heavy atom. The Bertz CT molecular complexity index is 1040. The van der Waals surface area contributed by atoms with Crippen molar-refractivity contribution in [2.24, 2.45) is 11.7 Å². The van der Waals surface area contributed by atoms with Gasteiger partial charge in [0.2, 0.25) is 0 Å². The zero-order chi connectivity index (χ0) is 25.5. The van der Waals surface area contributed by atoms with Crippen LogP contribution < -0.4 is 15.8 Å². The second-order valence-corrected chi connectivity index (χ2v) is 8.18. The lowest BCUT2D eigenvalue weighted by atomic mass is 9.76. The maximum atomic E-state index is 14.0. The molecule has 1 fully saturated rings. The van der Waals surface area contributed by atoms with Gasteiger partial charge in [0, 0.05) is 23.9 Å². The first kappa shape index (κ1) is 25.6. The van der Waals surface area contributed by atoms with Crippen LogP contribution in [0.2, 0.25) is 0 Å². The highest BCUT2D eigenvalue weighted by Gasteiger charge is 2.64. The lowest BCUT2D eigenvalue weighted by Crippen LogP contribution is -2.47. The van der Waals surface area contributed by atoms with E-state index in [0.29, 0.717) is 5.69 Å². The number of rotatable bonds is 6. The van der Waals surface area contributed by atoms with Crippen LogP contribution in [0.5, 0.6) is 5.75 Å². The minimum Gasteiger partial charge on any atom is -0.496 e. The molecule has 1 aromatic carbocycles. The average Bonchev–Trinajstić information content (AvgIpc) is 3.02. The summed E-state index contributed by atoms with van der Waals surface area (Å²) in [6.07, 6.45) is -9.45. The van der Waals surface area contributed by atoms with Gasteiger partial charge in [0.25, 0.3) is 5.91 Å². The Kier molecular flexibility index (Phi) is 6.75. The van der Waals surface area contributed by atoms with E-state index in [0.717, 1.165) is 26.2 Å². The van der Waals surface area contributed by atoms with Crippen molar-refractivity contribution in [2.75, 3.05) is 19.0 Å². The fraction of sp³-hybridized carbons (Fsp3) is 0.455. The first-order valence-corrected chi connectivity index (χ1v) is 10.2. The molecule has 1 aliphatic rings. The molecule has 12 heteroatoms. The van der Waals surface area contributed by atoms with Crippen molar-refractivity contribution in [3.8, 4) is 5.75 Å². The van der Waals surface area contributed by atoms with E-state index in [1.54, 1.807) is 0 Å². The highest BCUT2D eigenvalue weighted by Crippen LogP contribution is 2.55. The van der Waals surface area contributed by atoms with Gasteiger partial charge in [-0.1, -0.05) is 19.1 Å². The van der Waals surface area contributed by atoms with Gasteiger partial charge in [-0.3, -0.25) is 4.79 Å². The zero-order valence-corrected chi connectivity index (χ0v) is 18.4. The van der Waals surface area contributed by atoms with E-state index in [-0.39, 0.29) is 17.8 Å². The molecule has 6 nitrogen and oxygen atoms in total. The predicted molar refractivity (Wildman–Crippen MR) is 110 cm³/mol. The van der Waals surface area contributed by atoms with Crippen molar-refractivity contribution in [3.63, 3.8) is 0 Å².